The lowest BCUT2D eigenvalue weighted by Crippen LogP contribution is -2.13. The van der Waals surface area contributed by atoms with Gasteiger partial charge in [0.15, 0.2) is 0 Å². The molecule has 1 heterocycles. The standard InChI is InChI=1S/C18H18F3NO/c1-12-4-9-17(15(11-12)16-3-2-10-22-16)23-14-7-5-13(6-8-14)18(19,20)21/h4-9,11,16,22H,2-3,10H2,1H3. The van der Waals surface area contributed by atoms with Crippen LogP contribution in [0.25, 0.3) is 0 Å². The predicted octanol–water partition coefficient (Wildman–Crippen LogP) is 5.23. The maximum absolute atomic E-state index is 12.6. The molecule has 0 amide bonds. The Bertz CT molecular complexity index is 674. The Morgan fingerprint density at radius 2 is 1.83 bits per heavy atom. The van der Waals surface area contributed by atoms with E-state index < -0.39 is 11.7 Å². The Morgan fingerprint density at radius 3 is 2.43 bits per heavy atom. The molecule has 0 radical (unpaired) electrons. The molecule has 122 valence electrons. The minimum atomic E-state index is -4.33. The molecular weight excluding hydrogens is 303 g/mol. The molecule has 0 saturated carbocycles. The molecule has 0 aliphatic carbocycles. The molecular formula is C18H18F3NO. The van der Waals surface area contributed by atoms with Gasteiger partial charge < -0.3 is 10.1 Å². The average Bonchev–Trinajstić information content (AvgIpc) is 3.03. The summed E-state index contributed by atoms with van der Waals surface area (Å²) in [5.41, 5.74) is 1.52. The van der Waals surface area contributed by atoms with E-state index in [4.69, 9.17) is 4.74 Å². The van der Waals surface area contributed by atoms with Gasteiger partial charge in [-0.3, -0.25) is 0 Å². The number of hydrogen-bond acceptors (Lipinski definition) is 2. The molecule has 2 aromatic carbocycles. The third-order valence-electron chi connectivity index (χ3n) is 4.01. The van der Waals surface area contributed by atoms with Crippen LogP contribution in [0.3, 0.4) is 0 Å². The second-order valence-corrected chi connectivity index (χ2v) is 5.81. The van der Waals surface area contributed by atoms with E-state index in [0.717, 1.165) is 42.6 Å². The SMILES string of the molecule is Cc1ccc(Oc2ccc(C(F)(F)F)cc2)c(C2CCCN2)c1. The van der Waals surface area contributed by atoms with Crippen molar-refractivity contribution in [3.63, 3.8) is 0 Å². The maximum atomic E-state index is 12.6. The fraction of sp³-hybridized carbons (Fsp3) is 0.333. The molecule has 1 unspecified atom stereocenters. The van der Waals surface area contributed by atoms with Gasteiger partial charge in [-0.1, -0.05) is 17.7 Å². The minimum absolute atomic E-state index is 0.236. The summed E-state index contributed by atoms with van der Waals surface area (Å²) < 4.78 is 43.7. The summed E-state index contributed by atoms with van der Waals surface area (Å²) in [6.07, 6.45) is -2.19. The monoisotopic (exact) mass is 321 g/mol. The van der Waals surface area contributed by atoms with Crippen molar-refractivity contribution in [3.05, 3.63) is 59.2 Å². The van der Waals surface area contributed by atoms with E-state index in [0.29, 0.717) is 11.5 Å². The van der Waals surface area contributed by atoms with Gasteiger partial charge in [-0.05, 0) is 56.6 Å². The molecule has 1 saturated heterocycles. The summed E-state index contributed by atoms with van der Waals surface area (Å²) in [6.45, 7) is 2.98. The van der Waals surface area contributed by atoms with Gasteiger partial charge in [0, 0.05) is 11.6 Å². The molecule has 1 aliphatic heterocycles. The van der Waals surface area contributed by atoms with E-state index in [-0.39, 0.29) is 6.04 Å². The Hall–Kier alpha value is -2.01. The topological polar surface area (TPSA) is 21.3 Å². The van der Waals surface area contributed by atoms with Crippen LogP contribution in [0.4, 0.5) is 13.2 Å². The number of benzene rings is 2. The van der Waals surface area contributed by atoms with Crippen molar-refractivity contribution in [2.24, 2.45) is 0 Å². The summed E-state index contributed by atoms with van der Waals surface area (Å²) in [6, 6.07) is 10.9. The highest BCUT2D eigenvalue weighted by atomic mass is 19.4. The van der Waals surface area contributed by atoms with Crippen molar-refractivity contribution >= 4 is 0 Å². The molecule has 2 nitrogen and oxygen atoms in total. The smallest absolute Gasteiger partial charge is 0.416 e. The zero-order chi connectivity index (χ0) is 16.4. The van der Waals surface area contributed by atoms with E-state index in [2.05, 4.69) is 11.4 Å². The van der Waals surface area contributed by atoms with Crippen molar-refractivity contribution in [3.8, 4) is 11.5 Å². The average molecular weight is 321 g/mol. The number of ether oxygens (including phenoxy) is 1. The van der Waals surface area contributed by atoms with Crippen LogP contribution in [0.1, 0.15) is 35.6 Å². The van der Waals surface area contributed by atoms with Crippen LogP contribution in [-0.2, 0) is 6.18 Å². The predicted molar refractivity (Wildman–Crippen MR) is 82.7 cm³/mol. The Labute approximate surface area is 133 Å². The van der Waals surface area contributed by atoms with Crippen molar-refractivity contribution in [2.45, 2.75) is 32.0 Å². The molecule has 0 spiro atoms. The normalized spacial score (nSPS) is 18.2. The molecule has 0 aromatic heterocycles. The first-order valence-corrected chi connectivity index (χ1v) is 7.62. The van der Waals surface area contributed by atoms with Crippen molar-refractivity contribution < 1.29 is 17.9 Å². The molecule has 2 aromatic rings. The maximum Gasteiger partial charge on any atom is 0.416 e. The zero-order valence-corrected chi connectivity index (χ0v) is 12.8. The lowest BCUT2D eigenvalue weighted by molar-refractivity contribution is -0.137. The highest BCUT2D eigenvalue weighted by molar-refractivity contribution is 5.43. The number of aryl methyl sites for hydroxylation is 1. The molecule has 23 heavy (non-hydrogen) atoms. The highest BCUT2D eigenvalue weighted by Gasteiger charge is 2.30. The Morgan fingerprint density at radius 1 is 1.09 bits per heavy atom. The number of rotatable bonds is 3. The zero-order valence-electron chi connectivity index (χ0n) is 12.8. The van der Waals surface area contributed by atoms with Gasteiger partial charge >= 0.3 is 6.18 Å². The minimum Gasteiger partial charge on any atom is -0.457 e. The highest BCUT2D eigenvalue weighted by Crippen LogP contribution is 2.35. The van der Waals surface area contributed by atoms with Crippen LogP contribution in [0.5, 0.6) is 11.5 Å². The summed E-state index contributed by atoms with van der Waals surface area (Å²) in [4.78, 5) is 0. The van der Waals surface area contributed by atoms with Gasteiger partial charge in [-0.25, -0.2) is 0 Å². The van der Waals surface area contributed by atoms with Crippen LogP contribution in [-0.4, -0.2) is 6.54 Å². The van der Waals surface area contributed by atoms with Crippen LogP contribution in [0, 0.1) is 6.92 Å². The lowest BCUT2D eigenvalue weighted by Gasteiger charge is -2.17. The molecule has 1 fully saturated rings. The van der Waals surface area contributed by atoms with E-state index in [9.17, 15) is 13.2 Å². The van der Waals surface area contributed by atoms with Crippen molar-refractivity contribution in [1.82, 2.24) is 5.32 Å². The van der Waals surface area contributed by atoms with Crippen molar-refractivity contribution in [2.75, 3.05) is 6.54 Å². The van der Waals surface area contributed by atoms with Gasteiger partial charge in [0.2, 0.25) is 0 Å². The van der Waals surface area contributed by atoms with E-state index in [1.54, 1.807) is 0 Å². The lowest BCUT2D eigenvalue weighted by atomic mass is 10.0. The summed E-state index contributed by atoms with van der Waals surface area (Å²) in [5.74, 6) is 1.09. The van der Waals surface area contributed by atoms with Gasteiger partial charge in [-0.15, -0.1) is 0 Å². The van der Waals surface area contributed by atoms with Gasteiger partial charge in [0.1, 0.15) is 11.5 Å². The third-order valence-corrected chi connectivity index (χ3v) is 4.01. The van der Waals surface area contributed by atoms with Crippen LogP contribution < -0.4 is 10.1 Å². The molecule has 1 atom stereocenters. The second kappa shape index (κ2) is 6.24. The first-order chi connectivity index (χ1) is 10.9. The van der Waals surface area contributed by atoms with Gasteiger partial charge in [-0.2, -0.15) is 13.2 Å². The van der Waals surface area contributed by atoms with Crippen LogP contribution in [0.2, 0.25) is 0 Å². The molecule has 5 heteroatoms. The second-order valence-electron chi connectivity index (χ2n) is 5.81. The number of hydrogen-bond donors (Lipinski definition) is 1. The first kappa shape index (κ1) is 15.9. The molecule has 0 bridgehead atoms. The molecule has 1 N–H and O–H groups in total. The van der Waals surface area contributed by atoms with Crippen LogP contribution in [0.15, 0.2) is 42.5 Å². The fourth-order valence-corrected chi connectivity index (χ4v) is 2.82. The quantitative estimate of drug-likeness (QED) is 0.835. The fourth-order valence-electron chi connectivity index (χ4n) is 2.82. The van der Waals surface area contributed by atoms with Crippen LogP contribution >= 0.6 is 0 Å². The Kier molecular flexibility index (Phi) is 4.31. The molecule has 3 rings (SSSR count). The van der Waals surface area contributed by atoms with E-state index >= 15 is 0 Å². The largest absolute Gasteiger partial charge is 0.457 e. The number of alkyl halides is 3. The summed E-state index contributed by atoms with van der Waals surface area (Å²) >= 11 is 0. The van der Waals surface area contributed by atoms with Gasteiger partial charge in [0.05, 0.1) is 5.56 Å². The molecule has 1 aliphatic rings. The third kappa shape index (κ3) is 3.67. The summed E-state index contributed by atoms with van der Waals surface area (Å²) in [7, 11) is 0. The summed E-state index contributed by atoms with van der Waals surface area (Å²) in [5, 5.41) is 3.43. The van der Waals surface area contributed by atoms with Crippen molar-refractivity contribution in [1.29, 1.82) is 0 Å². The van der Waals surface area contributed by atoms with Gasteiger partial charge in [0.25, 0.3) is 0 Å². The van der Waals surface area contributed by atoms with E-state index in [1.807, 2.05) is 19.1 Å². The van der Waals surface area contributed by atoms with E-state index in [1.165, 1.54) is 12.1 Å². The first-order valence-electron chi connectivity index (χ1n) is 7.62. The number of nitrogens with one attached hydrogen (secondary N) is 1. The number of halogens is 3. The Balaban J connectivity index is 1.85.